The van der Waals surface area contributed by atoms with E-state index in [4.69, 9.17) is 11.6 Å². The van der Waals surface area contributed by atoms with Gasteiger partial charge in [-0.05, 0) is 38.5 Å². The number of halogens is 1. The van der Waals surface area contributed by atoms with E-state index in [0.29, 0.717) is 16.3 Å². The van der Waals surface area contributed by atoms with E-state index >= 15 is 0 Å². The molecule has 0 spiro atoms. The molecule has 1 heterocycles. The molecule has 2 rings (SSSR count). The molecule has 0 bridgehead atoms. The summed E-state index contributed by atoms with van der Waals surface area (Å²) in [5.41, 5.74) is 1.73. The minimum absolute atomic E-state index is 0.0109. The average molecular weight is 378 g/mol. The summed E-state index contributed by atoms with van der Waals surface area (Å²) in [5.74, 6) is -0.282. The van der Waals surface area contributed by atoms with Crippen LogP contribution in [0.4, 0.5) is 10.5 Å². The minimum atomic E-state index is -0.363. The van der Waals surface area contributed by atoms with Gasteiger partial charge in [-0.15, -0.1) is 0 Å². The average Bonchev–Trinajstić information content (AvgIpc) is 3.00. The standard InChI is InChI=1S/C18H24ClN5O2/c1-5-16(12-9-20-24(4)10-12)23-18(26)22-13-6-7-15(19)14(8-13)17(25)21-11(2)3/h6-11,16H,5H2,1-4H3,(H,21,25)(H2,22,23,26). The van der Waals surface area contributed by atoms with Crippen molar-refractivity contribution in [3.63, 3.8) is 0 Å². The molecule has 3 amide bonds. The van der Waals surface area contributed by atoms with Crippen LogP contribution >= 0.6 is 11.6 Å². The van der Waals surface area contributed by atoms with Gasteiger partial charge in [0.2, 0.25) is 0 Å². The Morgan fingerprint density at radius 1 is 1.27 bits per heavy atom. The van der Waals surface area contributed by atoms with Crippen LogP contribution in [0.15, 0.2) is 30.6 Å². The summed E-state index contributed by atoms with van der Waals surface area (Å²) in [6, 6.07) is 4.27. The molecule has 8 heteroatoms. The lowest BCUT2D eigenvalue weighted by molar-refractivity contribution is 0.0943. The zero-order valence-electron chi connectivity index (χ0n) is 15.3. The van der Waals surface area contributed by atoms with E-state index in [9.17, 15) is 9.59 Å². The van der Waals surface area contributed by atoms with Crippen molar-refractivity contribution in [3.8, 4) is 0 Å². The molecule has 0 radical (unpaired) electrons. The summed E-state index contributed by atoms with van der Waals surface area (Å²) in [4.78, 5) is 24.5. The van der Waals surface area contributed by atoms with Gasteiger partial charge in [0.1, 0.15) is 0 Å². The summed E-state index contributed by atoms with van der Waals surface area (Å²) >= 11 is 6.10. The molecule has 0 aliphatic carbocycles. The fraction of sp³-hybridized carbons (Fsp3) is 0.389. The van der Waals surface area contributed by atoms with Gasteiger partial charge in [0, 0.05) is 30.5 Å². The Labute approximate surface area is 158 Å². The molecule has 140 valence electrons. The quantitative estimate of drug-likeness (QED) is 0.720. The Hall–Kier alpha value is -2.54. The van der Waals surface area contributed by atoms with E-state index in [1.54, 1.807) is 29.1 Å². The molecule has 1 aromatic carbocycles. The second kappa shape index (κ2) is 8.71. The van der Waals surface area contributed by atoms with Crippen LogP contribution < -0.4 is 16.0 Å². The fourth-order valence-corrected chi connectivity index (χ4v) is 2.69. The molecular weight excluding hydrogens is 354 g/mol. The predicted molar refractivity (Wildman–Crippen MR) is 102 cm³/mol. The topological polar surface area (TPSA) is 88.1 Å². The number of urea groups is 1. The van der Waals surface area contributed by atoms with Crippen molar-refractivity contribution in [2.24, 2.45) is 7.05 Å². The summed E-state index contributed by atoms with van der Waals surface area (Å²) in [5, 5.41) is 12.9. The number of aromatic nitrogens is 2. The van der Waals surface area contributed by atoms with Gasteiger partial charge in [-0.3, -0.25) is 9.48 Å². The van der Waals surface area contributed by atoms with Crippen molar-refractivity contribution in [3.05, 3.63) is 46.7 Å². The van der Waals surface area contributed by atoms with Gasteiger partial charge in [0.05, 0.1) is 22.8 Å². The molecule has 0 saturated carbocycles. The first-order chi connectivity index (χ1) is 12.3. The number of hydrogen-bond donors (Lipinski definition) is 3. The van der Waals surface area contributed by atoms with Gasteiger partial charge < -0.3 is 16.0 Å². The highest BCUT2D eigenvalue weighted by atomic mass is 35.5. The van der Waals surface area contributed by atoms with Crippen LogP contribution in [0, 0.1) is 0 Å². The van der Waals surface area contributed by atoms with E-state index in [-0.39, 0.29) is 24.0 Å². The van der Waals surface area contributed by atoms with Gasteiger partial charge in [-0.25, -0.2) is 4.79 Å². The van der Waals surface area contributed by atoms with Gasteiger partial charge in [-0.1, -0.05) is 18.5 Å². The largest absolute Gasteiger partial charge is 0.350 e. The van der Waals surface area contributed by atoms with Crippen LogP contribution in [0.5, 0.6) is 0 Å². The lowest BCUT2D eigenvalue weighted by atomic mass is 10.1. The number of benzene rings is 1. The van der Waals surface area contributed by atoms with E-state index < -0.39 is 0 Å². The SMILES string of the molecule is CCC(NC(=O)Nc1ccc(Cl)c(C(=O)NC(C)C)c1)c1cnn(C)c1. The van der Waals surface area contributed by atoms with Crippen LogP contribution in [0.1, 0.15) is 49.2 Å². The van der Waals surface area contributed by atoms with E-state index in [1.165, 1.54) is 0 Å². The lowest BCUT2D eigenvalue weighted by Gasteiger charge is -2.17. The molecule has 26 heavy (non-hydrogen) atoms. The Balaban J connectivity index is 2.07. The molecular formula is C18H24ClN5O2. The maximum atomic E-state index is 12.3. The van der Waals surface area contributed by atoms with Crippen molar-refractivity contribution in [1.82, 2.24) is 20.4 Å². The summed E-state index contributed by atoms with van der Waals surface area (Å²) in [7, 11) is 1.83. The molecule has 0 aliphatic heterocycles. The smallest absolute Gasteiger partial charge is 0.319 e. The minimum Gasteiger partial charge on any atom is -0.350 e. The highest BCUT2D eigenvalue weighted by Gasteiger charge is 2.16. The monoisotopic (exact) mass is 377 g/mol. The fourth-order valence-electron chi connectivity index (χ4n) is 2.48. The number of carbonyl (C=O) groups is 2. The third-order valence-corrected chi connectivity index (χ3v) is 4.06. The lowest BCUT2D eigenvalue weighted by Crippen LogP contribution is -2.32. The van der Waals surface area contributed by atoms with Gasteiger partial charge in [0.15, 0.2) is 0 Å². The third-order valence-electron chi connectivity index (χ3n) is 3.73. The Bertz CT molecular complexity index is 788. The Kier molecular flexibility index (Phi) is 6.63. The van der Waals surface area contributed by atoms with Crippen molar-refractivity contribution in [2.45, 2.75) is 39.3 Å². The number of carbonyl (C=O) groups excluding carboxylic acids is 2. The van der Waals surface area contributed by atoms with Crippen LogP contribution in [-0.4, -0.2) is 27.8 Å². The molecule has 1 aromatic heterocycles. The molecule has 0 saturated heterocycles. The maximum absolute atomic E-state index is 12.3. The van der Waals surface area contributed by atoms with Crippen molar-refractivity contribution >= 4 is 29.2 Å². The van der Waals surface area contributed by atoms with Crippen LogP contribution in [0.2, 0.25) is 5.02 Å². The van der Waals surface area contributed by atoms with Crippen LogP contribution in [0.25, 0.3) is 0 Å². The molecule has 0 fully saturated rings. The Morgan fingerprint density at radius 2 is 2.00 bits per heavy atom. The van der Waals surface area contributed by atoms with E-state index in [2.05, 4.69) is 21.0 Å². The third kappa shape index (κ3) is 5.23. The van der Waals surface area contributed by atoms with Crippen molar-refractivity contribution < 1.29 is 9.59 Å². The molecule has 1 atom stereocenters. The zero-order valence-corrected chi connectivity index (χ0v) is 16.1. The van der Waals surface area contributed by atoms with Crippen molar-refractivity contribution in [1.29, 1.82) is 0 Å². The summed E-state index contributed by atoms with van der Waals surface area (Å²) < 4.78 is 1.69. The first-order valence-electron chi connectivity index (χ1n) is 8.46. The molecule has 3 N–H and O–H groups in total. The number of aryl methyl sites for hydroxylation is 1. The Morgan fingerprint density at radius 3 is 2.58 bits per heavy atom. The first kappa shape index (κ1) is 19.8. The van der Waals surface area contributed by atoms with Gasteiger partial charge in [0.25, 0.3) is 5.91 Å². The zero-order chi connectivity index (χ0) is 19.3. The number of amides is 3. The number of anilines is 1. The molecule has 2 aromatic rings. The van der Waals surface area contributed by atoms with Gasteiger partial charge in [-0.2, -0.15) is 5.10 Å². The normalized spacial score (nSPS) is 11.9. The highest BCUT2D eigenvalue weighted by molar-refractivity contribution is 6.34. The second-order valence-corrected chi connectivity index (χ2v) is 6.74. The number of nitrogens with zero attached hydrogens (tertiary/aromatic N) is 2. The first-order valence-corrected chi connectivity index (χ1v) is 8.84. The predicted octanol–water partition coefficient (Wildman–Crippen LogP) is 3.48. The molecule has 7 nitrogen and oxygen atoms in total. The number of nitrogens with one attached hydrogen (secondary N) is 3. The maximum Gasteiger partial charge on any atom is 0.319 e. The number of rotatable bonds is 6. The highest BCUT2D eigenvalue weighted by Crippen LogP contribution is 2.21. The van der Waals surface area contributed by atoms with E-state index in [0.717, 1.165) is 12.0 Å². The summed E-state index contributed by atoms with van der Waals surface area (Å²) in [6.45, 7) is 5.71. The summed E-state index contributed by atoms with van der Waals surface area (Å²) in [6.07, 6.45) is 4.32. The van der Waals surface area contributed by atoms with E-state index in [1.807, 2.05) is 34.0 Å². The van der Waals surface area contributed by atoms with Crippen LogP contribution in [0.3, 0.4) is 0 Å². The number of hydrogen-bond acceptors (Lipinski definition) is 3. The van der Waals surface area contributed by atoms with Crippen LogP contribution in [-0.2, 0) is 7.05 Å². The van der Waals surface area contributed by atoms with Crippen molar-refractivity contribution in [2.75, 3.05) is 5.32 Å². The second-order valence-electron chi connectivity index (χ2n) is 6.33. The van der Waals surface area contributed by atoms with Gasteiger partial charge >= 0.3 is 6.03 Å². The molecule has 0 aliphatic rings. The molecule has 1 unspecified atom stereocenters.